The van der Waals surface area contributed by atoms with Gasteiger partial charge < -0.3 is 15.1 Å². The van der Waals surface area contributed by atoms with Crippen LogP contribution in [0.4, 0.5) is 0 Å². The summed E-state index contributed by atoms with van der Waals surface area (Å²) in [6, 6.07) is 0. The van der Waals surface area contributed by atoms with Gasteiger partial charge in [0.05, 0.1) is 0 Å². The highest BCUT2D eigenvalue weighted by atomic mass is 16.2. The van der Waals surface area contributed by atoms with Crippen molar-refractivity contribution in [2.45, 2.75) is 44.9 Å². The van der Waals surface area contributed by atoms with Crippen molar-refractivity contribution in [2.75, 3.05) is 45.8 Å². The number of nitrogens with zero attached hydrogens (tertiary/aromatic N) is 2. The van der Waals surface area contributed by atoms with Gasteiger partial charge in [0.15, 0.2) is 0 Å². The van der Waals surface area contributed by atoms with Crippen molar-refractivity contribution < 1.29 is 4.79 Å². The van der Waals surface area contributed by atoms with E-state index in [2.05, 4.69) is 15.1 Å². The van der Waals surface area contributed by atoms with Gasteiger partial charge in [0.25, 0.3) is 0 Å². The monoisotopic (exact) mass is 279 g/mol. The maximum absolute atomic E-state index is 11.7. The lowest BCUT2D eigenvalue weighted by Crippen LogP contribution is -2.38. The molecule has 1 amide bonds. The van der Waals surface area contributed by atoms with Gasteiger partial charge in [-0.3, -0.25) is 4.79 Å². The van der Waals surface area contributed by atoms with Crippen molar-refractivity contribution in [1.29, 1.82) is 0 Å². The molecule has 0 aliphatic carbocycles. The van der Waals surface area contributed by atoms with Crippen molar-refractivity contribution in [2.24, 2.45) is 5.41 Å². The third kappa shape index (κ3) is 3.34. The minimum Gasteiger partial charge on any atom is -0.341 e. The van der Waals surface area contributed by atoms with Crippen molar-refractivity contribution in [3.63, 3.8) is 0 Å². The van der Waals surface area contributed by atoms with Crippen molar-refractivity contribution >= 4 is 5.91 Å². The Bertz CT molecular complexity index is 339. The lowest BCUT2D eigenvalue weighted by Gasteiger charge is -2.37. The zero-order valence-electron chi connectivity index (χ0n) is 12.7. The highest BCUT2D eigenvalue weighted by molar-refractivity contribution is 5.78. The second kappa shape index (κ2) is 6.44. The van der Waals surface area contributed by atoms with Crippen molar-refractivity contribution in [3.8, 4) is 0 Å². The maximum Gasteiger partial charge on any atom is 0.222 e. The van der Waals surface area contributed by atoms with Gasteiger partial charge in [-0.05, 0) is 70.1 Å². The molecule has 0 unspecified atom stereocenters. The first-order valence-electron chi connectivity index (χ1n) is 8.48. The fraction of sp³-hybridized carbons (Fsp3) is 0.938. The second-order valence-corrected chi connectivity index (χ2v) is 6.93. The average molecular weight is 279 g/mol. The lowest BCUT2D eigenvalue weighted by molar-refractivity contribution is -0.127. The van der Waals surface area contributed by atoms with Gasteiger partial charge in [0, 0.05) is 26.1 Å². The van der Waals surface area contributed by atoms with Crippen LogP contribution in [0.15, 0.2) is 0 Å². The van der Waals surface area contributed by atoms with Gasteiger partial charge in [-0.25, -0.2) is 0 Å². The fourth-order valence-electron chi connectivity index (χ4n) is 4.19. The van der Waals surface area contributed by atoms with Crippen LogP contribution >= 0.6 is 0 Å². The summed E-state index contributed by atoms with van der Waals surface area (Å²) in [4.78, 5) is 16.3. The van der Waals surface area contributed by atoms with E-state index in [1.54, 1.807) is 0 Å². The van der Waals surface area contributed by atoms with Crippen LogP contribution in [0, 0.1) is 5.41 Å². The molecule has 0 atom stereocenters. The summed E-state index contributed by atoms with van der Waals surface area (Å²) in [5.74, 6) is 0.370. The van der Waals surface area contributed by atoms with Crippen LogP contribution in [0.5, 0.6) is 0 Å². The van der Waals surface area contributed by atoms with E-state index in [1.807, 2.05) is 0 Å². The van der Waals surface area contributed by atoms with Crippen LogP contribution in [0.25, 0.3) is 0 Å². The first kappa shape index (κ1) is 14.3. The second-order valence-electron chi connectivity index (χ2n) is 6.93. The Morgan fingerprint density at radius 2 is 1.80 bits per heavy atom. The number of hydrogen-bond acceptors (Lipinski definition) is 3. The summed E-state index contributed by atoms with van der Waals surface area (Å²) in [5.41, 5.74) is 0.628. The first-order valence-corrected chi connectivity index (χ1v) is 8.48. The van der Waals surface area contributed by atoms with Crippen LogP contribution in [0.1, 0.15) is 44.9 Å². The number of nitrogens with one attached hydrogen (secondary N) is 1. The predicted octanol–water partition coefficient (Wildman–Crippen LogP) is 1.46. The fourth-order valence-corrected chi connectivity index (χ4v) is 4.19. The van der Waals surface area contributed by atoms with Crippen LogP contribution in [0.2, 0.25) is 0 Å². The third-order valence-electron chi connectivity index (χ3n) is 5.66. The molecule has 3 saturated heterocycles. The van der Waals surface area contributed by atoms with Crippen LogP contribution in [-0.2, 0) is 4.79 Å². The Hall–Kier alpha value is -0.610. The molecule has 1 N–H and O–H groups in total. The standard InChI is InChI=1S/C16H29N3O/c20-15-3-1-11-19(15)14-13-18-10-2-4-16(7-12-18)5-8-17-9-6-16/h17H,1-14H2. The van der Waals surface area contributed by atoms with E-state index in [-0.39, 0.29) is 0 Å². The van der Waals surface area contributed by atoms with Crippen LogP contribution in [-0.4, -0.2) is 61.5 Å². The normalized spacial score (nSPS) is 28.0. The molecule has 3 aliphatic heterocycles. The number of rotatable bonds is 3. The third-order valence-corrected chi connectivity index (χ3v) is 5.66. The molecule has 114 valence electrons. The smallest absolute Gasteiger partial charge is 0.222 e. The summed E-state index contributed by atoms with van der Waals surface area (Å²) in [6.07, 6.45) is 8.69. The molecule has 4 heteroatoms. The summed E-state index contributed by atoms with van der Waals surface area (Å²) in [7, 11) is 0. The lowest BCUT2D eigenvalue weighted by atomic mass is 9.73. The molecule has 0 radical (unpaired) electrons. The van der Waals surface area contributed by atoms with Gasteiger partial charge in [-0.1, -0.05) is 0 Å². The van der Waals surface area contributed by atoms with E-state index in [0.29, 0.717) is 11.3 Å². The van der Waals surface area contributed by atoms with Crippen molar-refractivity contribution in [3.05, 3.63) is 0 Å². The Labute approximate surface area is 122 Å². The Kier molecular flexibility index (Phi) is 4.61. The predicted molar refractivity (Wildman–Crippen MR) is 80.6 cm³/mol. The largest absolute Gasteiger partial charge is 0.341 e. The number of piperidine rings is 1. The number of hydrogen-bond donors (Lipinski definition) is 1. The van der Waals surface area contributed by atoms with E-state index in [1.165, 1.54) is 58.3 Å². The molecule has 0 saturated carbocycles. The number of carbonyl (C=O) groups is 1. The zero-order chi connectivity index (χ0) is 13.8. The molecule has 3 aliphatic rings. The van der Waals surface area contributed by atoms with Crippen LogP contribution < -0.4 is 5.32 Å². The first-order chi connectivity index (χ1) is 9.77. The maximum atomic E-state index is 11.7. The molecule has 3 heterocycles. The molecule has 3 fully saturated rings. The zero-order valence-corrected chi connectivity index (χ0v) is 12.7. The summed E-state index contributed by atoms with van der Waals surface area (Å²) < 4.78 is 0. The van der Waals surface area contributed by atoms with E-state index >= 15 is 0 Å². The minimum absolute atomic E-state index is 0.370. The summed E-state index contributed by atoms with van der Waals surface area (Å²) in [6.45, 7) is 7.92. The molecule has 0 aromatic carbocycles. The van der Waals surface area contributed by atoms with E-state index in [4.69, 9.17) is 0 Å². The highest BCUT2D eigenvalue weighted by Gasteiger charge is 2.33. The summed E-state index contributed by atoms with van der Waals surface area (Å²) >= 11 is 0. The van der Waals surface area contributed by atoms with Gasteiger partial charge >= 0.3 is 0 Å². The number of amides is 1. The molecule has 0 bridgehead atoms. The van der Waals surface area contributed by atoms with E-state index < -0.39 is 0 Å². The Balaban J connectivity index is 1.46. The number of carbonyl (C=O) groups excluding carboxylic acids is 1. The molecular weight excluding hydrogens is 250 g/mol. The van der Waals surface area contributed by atoms with Gasteiger partial charge in [0.1, 0.15) is 0 Å². The average Bonchev–Trinajstić information content (AvgIpc) is 2.78. The molecule has 0 aromatic rings. The molecule has 1 spiro atoms. The number of likely N-dealkylation sites (tertiary alicyclic amines) is 2. The van der Waals surface area contributed by atoms with Gasteiger partial charge in [0.2, 0.25) is 5.91 Å². The van der Waals surface area contributed by atoms with Crippen molar-refractivity contribution in [1.82, 2.24) is 15.1 Å². The molecule has 0 aromatic heterocycles. The summed E-state index contributed by atoms with van der Waals surface area (Å²) in [5, 5.41) is 3.50. The van der Waals surface area contributed by atoms with E-state index in [0.717, 1.165) is 32.5 Å². The molecule has 3 rings (SSSR count). The van der Waals surface area contributed by atoms with E-state index in [9.17, 15) is 4.79 Å². The SMILES string of the molecule is O=C1CCCN1CCN1CCCC2(CCNCC2)CC1. The molecular formula is C16H29N3O. The van der Waals surface area contributed by atoms with Crippen LogP contribution in [0.3, 0.4) is 0 Å². The topological polar surface area (TPSA) is 35.6 Å². The Morgan fingerprint density at radius 3 is 2.55 bits per heavy atom. The quantitative estimate of drug-likeness (QED) is 0.849. The van der Waals surface area contributed by atoms with Gasteiger partial charge in [-0.15, -0.1) is 0 Å². The minimum atomic E-state index is 0.370. The molecule has 4 nitrogen and oxygen atoms in total. The highest BCUT2D eigenvalue weighted by Crippen LogP contribution is 2.39. The Morgan fingerprint density at radius 1 is 0.950 bits per heavy atom. The molecule has 20 heavy (non-hydrogen) atoms. The van der Waals surface area contributed by atoms with Gasteiger partial charge in [-0.2, -0.15) is 0 Å².